The quantitative estimate of drug-likeness (QED) is 0.366. The van der Waals surface area contributed by atoms with Crippen molar-refractivity contribution in [2.45, 2.75) is 0 Å². The van der Waals surface area contributed by atoms with E-state index in [-0.39, 0.29) is 11.6 Å². The van der Waals surface area contributed by atoms with E-state index < -0.39 is 28.8 Å². The van der Waals surface area contributed by atoms with Crippen molar-refractivity contribution >= 4 is 17.1 Å². The highest BCUT2D eigenvalue weighted by molar-refractivity contribution is 5.92. The number of ether oxygens (including phenoxy) is 2. The summed E-state index contributed by atoms with van der Waals surface area (Å²) in [6, 6.07) is 12.8. The number of hydrogen-bond acceptors (Lipinski definition) is 5. The Morgan fingerprint density at radius 2 is 1.44 bits per heavy atom. The number of hydrogen-bond donors (Lipinski definition) is 0. The van der Waals surface area contributed by atoms with Crippen LogP contribution in [0, 0.1) is 23.3 Å². The van der Waals surface area contributed by atoms with Crippen molar-refractivity contribution in [3.05, 3.63) is 83.4 Å². The highest BCUT2D eigenvalue weighted by atomic mass is 19.2. The van der Waals surface area contributed by atoms with Crippen LogP contribution >= 0.6 is 0 Å². The third-order valence-electron chi connectivity index (χ3n) is 6.76. The molecule has 3 aliphatic rings. The van der Waals surface area contributed by atoms with Gasteiger partial charge in [-0.1, -0.05) is 30.3 Å². The zero-order chi connectivity index (χ0) is 24.8. The Hall–Kier alpha value is -3.72. The first kappa shape index (κ1) is 22.7. The fourth-order valence-corrected chi connectivity index (χ4v) is 5.14. The summed E-state index contributed by atoms with van der Waals surface area (Å²) in [7, 11) is 0. The van der Waals surface area contributed by atoms with Gasteiger partial charge in [0.1, 0.15) is 12.4 Å². The average Bonchev–Trinajstić information content (AvgIpc) is 2.92. The van der Waals surface area contributed by atoms with Crippen molar-refractivity contribution in [3.8, 4) is 16.9 Å². The van der Waals surface area contributed by atoms with Gasteiger partial charge in [0.05, 0.1) is 43.2 Å². The lowest BCUT2D eigenvalue weighted by atomic mass is 9.94. The maximum atomic E-state index is 15.1. The van der Waals surface area contributed by atoms with Gasteiger partial charge in [0, 0.05) is 36.0 Å². The van der Waals surface area contributed by atoms with E-state index in [9.17, 15) is 8.78 Å². The summed E-state index contributed by atoms with van der Waals surface area (Å²) in [5.41, 5.74) is 2.22. The number of para-hydroxylation sites is 3. The maximum Gasteiger partial charge on any atom is 0.169 e. The normalized spacial score (nSPS) is 17.3. The minimum atomic E-state index is -1.44. The fourth-order valence-electron chi connectivity index (χ4n) is 5.14. The lowest BCUT2D eigenvalue weighted by Gasteiger charge is -2.45. The first-order valence-corrected chi connectivity index (χ1v) is 11.8. The van der Waals surface area contributed by atoms with E-state index >= 15 is 8.78 Å². The van der Waals surface area contributed by atoms with Crippen molar-refractivity contribution in [2.75, 3.05) is 56.0 Å². The first-order chi connectivity index (χ1) is 17.5. The van der Waals surface area contributed by atoms with Gasteiger partial charge >= 0.3 is 0 Å². The zero-order valence-corrected chi connectivity index (χ0v) is 19.3. The average molecular weight is 497 g/mol. The van der Waals surface area contributed by atoms with E-state index in [0.29, 0.717) is 63.0 Å². The fraction of sp³-hybridized carbons (Fsp3) is 0.259. The molecule has 0 unspecified atom stereocenters. The molecule has 186 valence electrons. The van der Waals surface area contributed by atoms with Crippen molar-refractivity contribution < 1.29 is 27.0 Å². The van der Waals surface area contributed by atoms with Crippen LogP contribution in [0.3, 0.4) is 0 Å². The van der Waals surface area contributed by atoms with Crippen LogP contribution in [0.25, 0.3) is 16.8 Å². The molecule has 5 nitrogen and oxygen atoms in total. The van der Waals surface area contributed by atoms with Crippen LogP contribution in [-0.4, -0.2) is 50.9 Å². The highest BCUT2D eigenvalue weighted by Gasteiger charge is 2.34. The summed E-state index contributed by atoms with van der Waals surface area (Å²) >= 11 is 0. The van der Waals surface area contributed by atoms with Gasteiger partial charge in [-0.15, -0.1) is 0 Å². The molecular weight excluding hydrogens is 474 g/mol. The second kappa shape index (κ2) is 9.05. The summed E-state index contributed by atoms with van der Waals surface area (Å²) in [6.07, 6.45) is 2.06. The predicted octanol–water partition coefficient (Wildman–Crippen LogP) is 5.22. The number of hydrazine groups is 1. The van der Waals surface area contributed by atoms with Gasteiger partial charge in [0.25, 0.3) is 0 Å². The van der Waals surface area contributed by atoms with E-state index in [1.165, 1.54) is 6.07 Å². The van der Waals surface area contributed by atoms with Gasteiger partial charge < -0.3 is 14.4 Å². The highest BCUT2D eigenvalue weighted by Crippen LogP contribution is 2.45. The molecule has 0 aliphatic carbocycles. The van der Waals surface area contributed by atoms with Crippen LogP contribution in [0.5, 0.6) is 5.75 Å². The minimum Gasteiger partial charge on any atom is -0.489 e. The van der Waals surface area contributed by atoms with Crippen LogP contribution in [0.4, 0.5) is 28.9 Å². The number of fused-ring (bicyclic) bond motifs is 2. The summed E-state index contributed by atoms with van der Waals surface area (Å²) in [5, 5.41) is 3.89. The van der Waals surface area contributed by atoms with Crippen LogP contribution in [0.2, 0.25) is 0 Å². The molecule has 6 rings (SSSR count). The smallest absolute Gasteiger partial charge is 0.169 e. The molecule has 0 aromatic heterocycles. The number of halogens is 4. The Labute approximate surface area is 205 Å². The molecule has 3 heterocycles. The minimum absolute atomic E-state index is 0.0729. The first-order valence-electron chi connectivity index (χ1n) is 11.8. The molecule has 0 spiro atoms. The van der Waals surface area contributed by atoms with E-state index in [4.69, 9.17) is 9.47 Å². The number of rotatable bonds is 3. The molecule has 9 heteroatoms. The van der Waals surface area contributed by atoms with Crippen molar-refractivity contribution in [2.24, 2.45) is 0 Å². The topological polar surface area (TPSA) is 28.2 Å². The van der Waals surface area contributed by atoms with Gasteiger partial charge in [-0.2, -0.15) is 0 Å². The number of benzene rings is 3. The molecule has 0 atom stereocenters. The molecule has 0 bridgehead atoms. The summed E-state index contributed by atoms with van der Waals surface area (Å²) in [5.74, 6) is -5.05. The van der Waals surface area contributed by atoms with Gasteiger partial charge in [0.2, 0.25) is 0 Å². The second-order valence-corrected chi connectivity index (χ2v) is 8.76. The third kappa shape index (κ3) is 3.65. The Bertz CT molecular complexity index is 1330. The standard InChI is InChI=1S/C27H23F4N3O2/c28-19-16-20(29)26(31)24(25(19)30)18-5-3-4-17-21(32-10-13-35-14-11-32)8-9-34(27(17)18)33-12-15-36-23-7-2-1-6-22(23)33/h1-8,16H,9-15H2. The zero-order valence-electron chi connectivity index (χ0n) is 19.3. The number of anilines is 2. The van der Waals surface area contributed by atoms with Crippen LogP contribution < -0.4 is 14.8 Å². The van der Waals surface area contributed by atoms with E-state index in [2.05, 4.69) is 11.0 Å². The SMILES string of the molecule is Fc1cc(F)c(F)c(-c2cccc3c2N(N2CCOc4ccccc42)CC=C3N2CCOCC2)c1F. The predicted molar refractivity (Wildman–Crippen MR) is 129 cm³/mol. The van der Waals surface area contributed by atoms with Gasteiger partial charge in [-0.05, 0) is 18.2 Å². The second-order valence-electron chi connectivity index (χ2n) is 8.76. The molecule has 0 saturated carbocycles. The third-order valence-corrected chi connectivity index (χ3v) is 6.76. The Balaban J connectivity index is 1.57. The summed E-state index contributed by atoms with van der Waals surface area (Å²) in [4.78, 5) is 2.16. The van der Waals surface area contributed by atoms with Crippen molar-refractivity contribution in [1.82, 2.24) is 4.90 Å². The molecule has 0 N–H and O–H groups in total. The maximum absolute atomic E-state index is 15.1. The molecule has 0 amide bonds. The molecule has 3 aromatic rings. The largest absolute Gasteiger partial charge is 0.489 e. The molecule has 1 fully saturated rings. The van der Waals surface area contributed by atoms with Gasteiger partial charge in [0.15, 0.2) is 23.3 Å². The van der Waals surface area contributed by atoms with E-state index in [1.807, 2.05) is 40.3 Å². The van der Waals surface area contributed by atoms with Crippen LogP contribution in [-0.2, 0) is 4.74 Å². The van der Waals surface area contributed by atoms with Crippen molar-refractivity contribution in [1.29, 1.82) is 0 Å². The van der Waals surface area contributed by atoms with Crippen LogP contribution in [0.15, 0.2) is 54.6 Å². The Morgan fingerprint density at radius 1 is 0.722 bits per heavy atom. The lowest BCUT2D eigenvalue weighted by molar-refractivity contribution is 0.0638. The van der Waals surface area contributed by atoms with Crippen molar-refractivity contribution in [3.63, 3.8) is 0 Å². The lowest BCUT2D eigenvalue weighted by Crippen LogP contribution is -2.49. The monoisotopic (exact) mass is 497 g/mol. The Morgan fingerprint density at radius 3 is 2.22 bits per heavy atom. The summed E-state index contributed by atoms with van der Waals surface area (Å²) < 4.78 is 70.1. The molecule has 0 radical (unpaired) electrons. The van der Waals surface area contributed by atoms with Crippen LogP contribution in [0.1, 0.15) is 5.56 Å². The molecule has 3 aliphatic heterocycles. The molecule has 36 heavy (non-hydrogen) atoms. The molecular formula is C27H23F4N3O2. The van der Waals surface area contributed by atoms with E-state index in [0.717, 1.165) is 11.4 Å². The number of nitrogens with zero attached hydrogens (tertiary/aromatic N) is 3. The molecule has 3 aromatic carbocycles. The van der Waals surface area contributed by atoms with Gasteiger partial charge in [-0.3, -0.25) is 10.0 Å². The Kier molecular flexibility index (Phi) is 5.72. The van der Waals surface area contributed by atoms with Gasteiger partial charge in [-0.25, -0.2) is 17.6 Å². The van der Waals surface area contributed by atoms with E-state index in [1.54, 1.807) is 6.07 Å². The summed E-state index contributed by atoms with van der Waals surface area (Å²) in [6.45, 7) is 3.71. The number of morpholine rings is 1. The molecule has 1 saturated heterocycles.